The van der Waals surface area contributed by atoms with E-state index in [1.807, 2.05) is 0 Å². The van der Waals surface area contributed by atoms with Gasteiger partial charge in [-0.2, -0.15) is 13.2 Å². The average Bonchev–Trinajstić information content (AvgIpc) is 2.45. The van der Waals surface area contributed by atoms with Gasteiger partial charge in [0.25, 0.3) is 0 Å². The lowest BCUT2D eigenvalue weighted by molar-refractivity contribution is -0.149. The zero-order valence-electron chi connectivity index (χ0n) is 11.2. The summed E-state index contributed by atoms with van der Waals surface area (Å²) in [5.74, 6) is -0.656. The Morgan fingerprint density at radius 3 is 2.41 bits per heavy atom. The van der Waals surface area contributed by atoms with E-state index in [4.69, 9.17) is 22.1 Å². The third-order valence-electron chi connectivity index (χ3n) is 3.04. The summed E-state index contributed by atoms with van der Waals surface area (Å²) in [6, 6.07) is 7.39. The van der Waals surface area contributed by atoms with Gasteiger partial charge in [0.15, 0.2) is 0 Å². The van der Waals surface area contributed by atoms with Gasteiger partial charge in [0.2, 0.25) is 0 Å². The number of rotatable bonds is 4. The summed E-state index contributed by atoms with van der Waals surface area (Å²) in [5.41, 5.74) is 5.05. The van der Waals surface area contributed by atoms with Crippen LogP contribution in [0.4, 0.5) is 17.6 Å². The molecule has 0 saturated heterocycles. The second-order valence-electron chi connectivity index (χ2n) is 4.55. The maximum Gasteiger partial charge on any atom is 0.407 e. The highest BCUT2D eigenvalue weighted by Crippen LogP contribution is 2.35. The molecule has 0 radical (unpaired) electrons. The van der Waals surface area contributed by atoms with Crippen LogP contribution in [-0.4, -0.2) is 6.18 Å². The highest BCUT2D eigenvalue weighted by atomic mass is 35.5. The van der Waals surface area contributed by atoms with Crippen molar-refractivity contribution < 1.29 is 22.3 Å². The van der Waals surface area contributed by atoms with Crippen molar-refractivity contribution in [2.75, 3.05) is 0 Å². The zero-order chi connectivity index (χ0) is 16.3. The Labute approximate surface area is 129 Å². The molecule has 0 bridgehead atoms. The summed E-state index contributed by atoms with van der Waals surface area (Å²) < 4.78 is 57.2. The van der Waals surface area contributed by atoms with Crippen molar-refractivity contribution in [3.05, 3.63) is 64.4 Å². The van der Waals surface area contributed by atoms with Crippen molar-refractivity contribution in [2.45, 2.75) is 18.8 Å². The molecule has 2 aromatic carbocycles. The molecule has 0 aliphatic carbocycles. The van der Waals surface area contributed by atoms with E-state index in [1.54, 1.807) is 0 Å². The Balaban J connectivity index is 2.24. The summed E-state index contributed by atoms with van der Waals surface area (Å²) in [7, 11) is 0. The van der Waals surface area contributed by atoms with E-state index >= 15 is 0 Å². The van der Waals surface area contributed by atoms with Crippen LogP contribution >= 0.6 is 11.6 Å². The van der Waals surface area contributed by atoms with E-state index < -0.39 is 18.0 Å². The fourth-order valence-electron chi connectivity index (χ4n) is 1.87. The van der Waals surface area contributed by atoms with Crippen LogP contribution in [0.25, 0.3) is 0 Å². The molecule has 0 aliphatic heterocycles. The number of alkyl halides is 3. The number of benzene rings is 2. The van der Waals surface area contributed by atoms with Crippen molar-refractivity contribution in [3.8, 4) is 5.75 Å². The van der Waals surface area contributed by atoms with Crippen molar-refractivity contribution in [2.24, 2.45) is 5.73 Å². The van der Waals surface area contributed by atoms with Crippen molar-refractivity contribution in [1.29, 1.82) is 0 Å². The molecule has 0 spiro atoms. The molecular weight excluding hydrogens is 322 g/mol. The van der Waals surface area contributed by atoms with Crippen molar-refractivity contribution in [3.63, 3.8) is 0 Å². The van der Waals surface area contributed by atoms with Gasteiger partial charge in [-0.1, -0.05) is 35.9 Å². The molecule has 22 heavy (non-hydrogen) atoms. The Kier molecular flexibility index (Phi) is 4.93. The highest BCUT2D eigenvalue weighted by Gasteiger charge is 2.39. The van der Waals surface area contributed by atoms with Crippen LogP contribution in [0.1, 0.15) is 17.2 Å². The Morgan fingerprint density at radius 1 is 1.09 bits per heavy atom. The van der Waals surface area contributed by atoms with Crippen LogP contribution in [0.2, 0.25) is 5.02 Å². The predicted molar refractivity (Wildman–Crippen MR) is 75.2 cm³/mol. The molecule has 2 N–H and O–H groups in total. The number of halogens is 5. The predicted octanol–water partition coefficient (Wildman–Crippen LogP) is 4.62. The molecule has 0 amide bonds. The van der Waals surface area contributed by atoms with Crippen LogP contribution < -0.4 is 10.5 Å². The summed E-state index contributed by atoms with van der Waals surface area (Å²) in [6.45, 7) is -0.299. The maximum absolute atomic E-state index is 13.6. The summed E-state index contributed by atoms with van der Waals surface area (Å²) in [5, 5.41) is 0.137. The van der Waals surface area contributed by atoms with E-state index in [0.717, 1.165) is 0 Å². The first-order chi connectivity index (χ1) is 10.3. The van der Waals surface area contributed by atoms with Crippen molar-refractivity contribution >= 4 is 11.6 Å². The van der Waals surface area contributed by atoms with Gasteiger partial charge >= 0.3 is 6.18 Å². The molecule has 2 rings (SSSR count). The minimum Gasteiger partial charge on any atom is -0.488 e. The highest BCUT2D eigenvalue weighted by molar-refractivity contribution is 6.31. The SMILES string of the molecule is N[C@@H](c1ccccc1OCc1c(F)cccc1Cl)C(F)(F)F. The van der Waals surface area contributed by atoms with Gasteiger partial charge in [0.1, 0.15) is 24.2 Å². The molecule has 0 unspecified atom stereocenters. The topological polar surface area (TPSA) is 35.2 Å². The molecule has 2 aromatic rings. The molecule has 0 saturated carbocycles. The molecule has 0 aromatic heterocycles. The molecular formula is C15H12ClF4NO. The quantitative estimate of drug-likeness (QED) is 0.829. The molecule has 7 heteroatoms. The lowest BCUT2D eigenvalue weighted by atomic mass is 10.1. The molecule has 1 atom stereocenters. The molecule has 2 nitrogen and oxygen atoms in total. The summed E-state index contributed by atoms with van der Waals surface area (Å²) in [6.07, 6.45) is -4.60. The monoisotopic (exact) mass is 333 g/mol. The molecule has 118 valence electrons. The van der Waals surface area contributed by atoms with Gasteiger partial charge in [-0.3, -0.25) is 0 Å². The van der Waals surface area contributed by atoms with Gasteiger partial charge in [-0.05, 0) is 18.2 Å². The van der Waals surface area contributed by atoms with Gasteiger partial charge in [-0.25, -0.2) is 4.39 Å². The Hall–Kier alpha value is -1.79. The largest absolute Gasteiger partial charge is 0.488 e. The van der Waals surface area contributed by atoms with Crippen LogP contribution in [0.15, 0.2) is 42.5 Å². The zero-order valence-corrected chi connectivity index (χ0v) is 12.0. The van der Waals surface area contributed by atoms with Gasteiger partial charge in [0, 0.05) is 11.1 Å². The number of para-hydroxylation sites is 1. The first-order valence-corrected chi connectivity index (χ1v) is 6.65. The van der Waals surface area contributed by atoms with Crippen LogP contribution in [-0.2, 0) is 6.61 Å². The Bertz CT molecular complexity index is 640. The maximum atomic E-state index is 13.6. The van der Waals surface area contributed by atoms with E-state index in [2.05, 4.69) is 0 Å². The van der Waals surface area contributed by atoms with Gasteiger partial charge in [0.05, 0.1) is 5.02 Å². The third-order valence-corrected chi connectivity index (χ3v) is 3.39. The van der Waals surface area contributed by atoms with E-state index in [1.165, 1.54) is 42.5 Å². The fraction of sp³-hybridized carbons (Fsp3) is 0.200. The minimum atomic E-state index is -4.60. The van der Waals surface area contributed by atoms with E-state index in [9.17, 15) is 17.6 Å². The second-order valence-corrected chi connectivity index (χ2v) is 4.95. The number of nitrogens with two attached hydrogens (primary N) is 1. The van der Waals surface area contributed by atoms with Gasteiger partial charge < -0.3 is 10.5 Å². The normalized spacial score (nSPS) is 13.0. The lowest BCUT2D eigenvalue weighted by Crippen LogP contribution is -2.28. The standard InChI is InChI=1S/C15H12ClF4NO/c16-11-5-3-6-12(17)10(11)8-22-13-7-2-1-4-9(13)14(21)15(18,19)20/h1-7,14H,8,21H2/t14-/m0/s1. The minimum absolute atomic E-state index is 0.0633. The molecule has 0 aliphatic rings. The van der Waals surface area contributed by atoms with Crippen LogP contribution in [0.5, 0.6) is 5.75 Å². The second kappa shape index (κ2) is 6.54. The van der Waals surface area contributed by atoms with E-state index in [0.29, 0.717) is 0 Å². The first-order valence-electron chi connectivity index (χ1n) is 6.27. The number of hydrogen-bond donors (Lipinski definition) is 1. The number of hydrogen-bond acceptors (Lipinski definition) is 2. The fourth-order valence-corrected chi connectivity index (χ4v) is 2.08. The number of ether oxygens (including phenoxy) is 1. The molecule has 0 fully saturated rings. The van der Waals surface area contributed by atoms with E-state index in [-0.39, 0.29) is 28.5 Å². The van der Waals surface area contributed by atoms with Crippen LogP contribution in [0.3, 0.4) is 0 Å². The van der Waals surface area contributed by atoms with Crippen molar-refractivity contribution in [1.82, 2.24) is 0 Å². The Morgan fingerprint density at radius 2 is 1.77 bits per heavy atom. The summed E-state index contributed by atoms with van der Waals surface area (Å²) in [4.78, 5) is 0. The summed E-state index contributed by atoms with van der Waals surface area (Å²) >= 11 is 5.85. The smallest absolute Gasteiger partial charge is 0.407 e. The van der Waals surface area contributed by atoms with Crippen LogP contribution in [0, 0.1) is 5.82 Å². The molecule has 0 heterocycles. The third kappa shape index (κ3) is 3.69. The average molecular weight is 334 g/mol. The lowest BCUT2D eigenvalue weighted by Gasteiger charge is -2.19. The van der Waals surface area contributed by atoms with Gasteiger partial charge in [-0.15, -0.1) is 0 Å². The first kappa shape index (κ1) is 16.6.